The highest BCUT2D eigenvalue weighted by molar-refractivity contribution is 6.00. The molecule has 0 aromatic heterocycles. The van der Waals surface area contributed by atoms with E-state index in [1.807, 2.05) is 68.4 Å². The molecule has 1 aliphatic carbocycles. The van der Waals surface area contributed by atoms with Crippen LogP contribution in [0.2, 0.25) is 0 Å². The maximum absolute atomic E-state index is 11.4. The van der Waals surface area contributed by atoms with Crippen molar-refractivity contribution in [2.75, 3.05) is 21.2 Å². The molecule has 0 bridgehead atoms. The van der Waals surface area contributed by atoms with Crippen molar-refractivity contribution in [1.82, 2.24) is 4.90 Å². The lowest BCUT2D eigenvalue weighted by atomic mass is 9.80. The molecule has 5 heteroatoms. The van der Waals surface area contributed by atoms with E-state index in [0.717, 1.165) is 41.9 Å². The van der Waals surface area contributed by atoms with Crippen molar-refractivity contribution in [2.45, 2.75) is 39.3 Å². The summed E-state index contributed by atoms with van der Waals surface area (Å²) < 4.78 is 17.0. The Morgan fingerprint density at radius 3 is 2.09 bits per heavy atom. The molecule has 0 aliphatic heterocycles. The Balaban J connectivity index is 1.83. The van der Waals surface area contributed by atoms with Gasteiger partial charge in [0.2, 0.25) is 0 Å². The van der Waals surface area contributed by atoms with Gasteiger partial charge in [0, 0.05) is 12.5 Å². The van der Waals surface area contributed by atoms with Crippen molar-refractivity contribution >= 4 is 17.1 Å². The van der Waals surface area contributed by atoms with Crippen LogP contribution in [0.3, 0.4) is 0 Å². The van der Waals surface area contributed by atoms with Crippen molar-refractivity contribution < 1.29 is 19.0 Å². The fourth-order valence-electron chi connectivity index (χ4n) is 4.51. The normalized spacial score (nSPS) is 15.3. The Kier molecular flexibility index (Phi) is 7.57. The van der Waals surface area contributed by atoms with Crippen molar-refractivity contribution in [3.05, 3.63) is 89.0 Å². The van der Waals surface area contributed by atoms with E-state index in [1.54, 1.807) is 7.11 Å². The minimum Gasteiger partial charge on any atom is -0.496 e. The third-order valence-corrected chi connectivity index (χ3v) is 6.41. The molecule has 0 spiro atoms. The zero-order valence-electron chi connectivity index (χ0n) is 21.1. The molecule has 182 valence electrons. The van der Waals surface area contributed by atoms with Gasteiger partial charge in [-0.2, -0.15) is 0 Å². The number of esters is 1. The summed E-state index contributed by atoms with van der Waals surface area (Å²) in [5, 5.41) is 0. The van der Waals surface area contributed by atoms with E-state index in [2.05, 4.69) is 24.3 Å². The minimum absolute atomic E-state index is 0.0230. The zero-order chi connectivity index (χ0) is 24.9. The number of allylic oxidation sites excluding steroid dienone is 1. The molecule has 0 N–H and O–H groups in total. The van der Waals surface area contributed by atoms with Crippen LogP contribution in [0.5, 0.6) is 17.2 Å². The van der Waals surface area contributed by atoms with Crippen LogP contribution in [0.1, 0.15) is 48.9 Å². The maximum atomic E-state index is 11.4. The first-order valence-corrected chi connectivity index (χ1v) is 12.0. The molecule has 1 unspecified atom stereocenters. The number of ether oxygens (including phenoxy) is 3. The Morgan fingerprint density at radius 2 is 1.51 bits per heavy atom. The molecule has 5 nitrogen and oxygen atoms in total. The number of benzene rings is 3. The number of rotatable bonds is 7. The fourth-order valence-corrected chi connectivity index (χ4v) is 4.51. The predicted octanol–water partition coefficient (Wildman–Crippen LogP) is 6.20. The zero-order valence-corrected chi connectivity index (χ0v) is 21.1. The average molecular weight is 472 g/mol. The lowest BCUT2D eigenvalue weighted by Crippen LogP contribution is -2.30. The number of fused-ring (bicyclic) bond motifs is 1. The van der Waals surface area contributed by atoms with E-state index < -0.39 is 0 Å². The van der Waals surface area contributed by atoms with Gasteiger partial charge >= 0.3 is 5.97 Å². The predicted molar refractivity (Wildman–Crippen MR) is 140 cm³/mol. The molecule has 1 aliphatic rings. The lowest BCUT2D eigenvalue weighted by Gasteiger charge is -2.25. The first-order chi connectivity index (χ1) is 16.9. The standard InChI is InChI=1S/C30H33NO4/c1-20(31(3)4)34-24-16-12-22(13-17-24)30(23-14-18-25(19-15-23)35-21(2)32)28-10-6-9-27-26(28)8-7-11-29(27)33-5/h7-8,11-20H,6,9-10H2,1-5H3. The highest BCUT2D eigenvalue weighted by atomic mass is 16.5. The highest BCUT2D eigenvalue weighted by Crippen LogP contribution is 2.42. The molecule has 1 atom stereocenters. The first kappa shape index (κ1) is 24.6. The van der Waals surface area contributed by atoms with E-state index in [-0.39, 0.29) is 12.2 Å². The Morgan fingerprint density at radius 1 is 0.886 bits per heavy atom. The SMILES string of the molecule is COc1cccc2c1CCCC2=C(c1ccc(OC(C)=O)cc1)c1ccc(OC(C)N(C)C)cc1. The van der Waals surface area contributed by atoms with Gasteiger partial charge in [-0.15, -0.1) is 0 Å². The number of carbonyl (C=O) groups excluding carboxylic acids is 1. The van der Waals surface area contributed by atoms with Crippen LogP contribution in [0, 0.1) is 0 Å². The molecule has 35 heavy (non-hydrogen) atoms. The van der Waals surface area contributed by atoms with E-state index in [9.17, 15) is 4.79 Å². The maximum Gasteiger partial charge on any atom is 0.308 e. The monoisotopic (exact) mass is 471 g/mol. The third kappa shape index (κ3) is 5.57. The van der Waals surface area contributed by atoms with Gasteiger partial charge in [-0.3, -0.25) is 9.69 Å². The Hall–Kier alpha value is -3.57. The van der Waals surface area contributed by atoms with Gasteiger partial charge in [0.15, 0.2) is 0 Å². The molecule has 0 radical (unpaired) electrons. The van der Waals surface area contributed by atoms with Gasteiger partial charge < -0.3 is 14.2 Å². The van der Waals surface area contributed by atoms with Gasteiger partial charge in [-0.05, 0) is 98.4 Å². The number of methoxy groups -OCH3 is 1. The van der Waals surface area contributed by atoms with Crippen LogP contribution in [0.4, 0.5) is 0 Å². The molecule has 3 aromatic carbocycles. The van der Waals surface area contributed by atoms with Crippen molar-refractivity contribution in [1.29, 1.82) is 0 Å². The lowest BCUT2D eigenvalue weighted by molar-refractivity contribution is -0.131. The van der Waals surface area contributed by atoms with Gasteiger partial charge in [-0.1, -0.05) is 36.4 Å². The third-order valence-electron chi connectivity index (χ3n) is 6.41. The van der Waals surface area contributed by atoms with Crippen molar-refractivity contribution in [2.24, 2.45) is 0 Å². The van der Waals surface area contributed by atoms with E-state index in [1.165, 1.54) is 29.2 Å². The van der Waals surface area contributed by atoms with E-state index in [0.29, 0.717) is 5.75 Å². The van der Waals surface area contributed by atoms with Crippen LogP contribution in [0.15, 0.2) is 66.7 Å². The molecule has 0 fully saturated rings. The Bertz CT molecular complexity index is 1210. The summed E-state index contributed by atoms with van der Waals surface area (Å²) in [4.78, 5) is 13.4. The molecular weight excluding hydrogens is 438 g/mol. The fraction of sp³-hybridized carbons (Fsp3) is 0.300. The summed E-state index contributed by atoms with van der Waals surface area (Å²) in [6, 6.07) is 22.3. The second-order valence-electron chi connectivity index (χ2n) is 9.02. The molecule has 0 saturated carbocycles. The summed E-state index contributed by atoms with van der Waals surface area (Å²) in [7, 11) is 5.72. The largest absolute Gasteiger partial charge is 0.496 e. The van der Waals surface area contributed by atoms with Crippen LogP contribution in [-0.4, -0.2) is 38.3 Å². The van der Waals surface area contributed by atoms with Gasteiger partial charge in [-0.25, -0.2) is 0 Å². The average Bonchev–Trinajstić information content (AvgIpc) is 2.85. The van der Waals surface area contributed by atoms with E-state index in [4.69, 9.17) is 14.2 Å². The topological polar surface area (TPSA) is 48.0 Å². The van der Waals surface area contributed by atoms with Crippen LogP contribution >= 0.6 is 0 Å². The summed E-state index contributed by atoms with van der Waals surface area (Å²) in [5.41, 5.74) is 7.13. The summed E-state index contributed by atoms with van der Waals surface area (Å²) >= 11 is 0. The first-order valence-electron chi connectivity index (χ1n) is 12.0. The second-order valence-corrected chi connectivity index (χ2v) is 9.02. The van der Waals surface area contributed by atoms with Crippen LogP contribution < -0.4 is 14.2 Å². The molecule has 0 amide bonds. The highest BCUT2D eigenvalue weighted by Gasteiger charge is 2.22. The smallest absolute Gasteiger partial charge is 0.308 e. The Labute approximate surface area is 207 Å². The summed E-state index contributed by atoms with van der Waals surface area (Å²) in [5.74, 6) is 1.98. The van der Waals surface area contributed by atoms with Crippen molar-refractivity contribution in [3.8, 4) is 17.2 Å². The molecule has 0 heterocycles. The van der Waals surface area contributed by atoms with E-state index >= 15 is 0 Å². The number of carbonyl (C=O) groups is 1. The van der Waals surface area contributed by atoms with Gasteiger partial charge in [0.25, 0.3) is 0 Å². The number of hydrogen-bond acceptors (Lipinski definition) is 5. The second kappa shape index (κ2) is 10.8. The quantitative estimate of drug-likeness (QED) is 0.233. The minimum atomic E-state index is -0.327. The molecule has 4 rings (SSSR count). The van der Waals surface area contributed by atoms with Gasteiger partial charge in [0.05, 0.1) is 7.11 Å². The number of hydrogen-bond donors (Lipinski definition) is 0. The molecule has 0 saturated heterocycles. The van der Waals surface area contributed by atoms with Gasteiger partial charge in [0.1, 0.15) is 23.5 Å². The molecule has 3 aromatic rings. The summed E-state index contributed by atoms with van der Waals surface area (Å²) in [6.45, 7) is 3.44. The van der Waals surface area contributed by atoms with Crippen molar-refractivity contribution in [3.63, 3.8) is 0 Å². The molecular formula is C30H33NO4. The van der Waals surface area contributed by atoms with Crippen LogP contribution in [0.25, 0.3) is 11.1 Å². The number of nitrogens with zero attached hydrogens (tertiary/aromatic N) is 1. The summed E-state index contributed by atoms with van der Waals surface area (Å²) in [6.07, 6.45) is 3.00. The van der Waals surface area contributed by atoms with Crippen LogP contribution in [-0.2, 0) is 11.2 Å².